The molecule has 8 aromatic carbocycles. The van der Waals surface area contributed by atoms with Crippen LogP contribution in [0, 0.1) is 0 Å². The summed E-state index contributed by atoms with van der Waals surface area (Å²) in [5, 5.41) is 16.2. The second-order valence-corrected chi connectivity index (χ2v) is 13.3. The van der Waals surface area contributed by atoms with E-state index in [0.717, 1.165) is 60.9 Å². The second kappa shape index (κ2) is 12.4. The van der Waals surface area contributed by atoms with Crippen LogP contribution in [-0.2, 0) is 0 Å². The lowest BCUT2D eigenvalue weighted by Crippen LogP contribution is -2.11. The minimum atomic E-state index is 0.112. The number of aromatic hydroxyl groups is 1. The van der Waals surface area contributed by atoms with Crippen LogP contribution in [-0.4, -0.2) is 17.5 Å². The predicted molar refractivity (Wildman–Crippen MR) is 218 cm³/mol. The number of phenols is 1. The van der Waals surface area contributed by atoms with E-state index in [1.54, 1.807) is 6.07 Å². The Morgan fingerprint density at radius 1 is 0.491 bits per heavy atom. The van der Waals surface area contributed by atoms with Gasteiger partial charge in [-0.2, -0.15) is 0 Å². The van der Waals surface area contributed by atoms with E-state index in [1.165, 1.54) is 10.8 Å². The van der Waals surface area contributed by atoms with Crippen LogP contribution in [0.1, 0.15) is 0 Å². The van der Waals surface area contributed by atoms with Gasteiger partial charge in [0.05, 0.1) is 11.0 Å². The van der Waals surface area contributed by atoms with E-state index in [1.807, 2.05) is 84.9 Å². The largest absolute Gasteiger partial charge is 0.507 e. The number of aromatic nitrogens is 1. The fourth-order valence-electron chi connectivity index (χ4n) is 7.68. The molecule has 0 aliphatic heterocycles. The SMILES string of the molecule is [B]c1c(Oc2ccccc2)cc(-c2cccc(-n3c4ccccc4c4ccccc43)c2)cc1-c1ccc(-c2cccc3oc4ccccc4c23)cc1O. The lowest BCUT2D eigenvalue weighted by Gasteiger charge is -2.18. The standard InChI is InChI=1S/C48H30BNO3/c49-48-40(38-25-24-31(28-43(38)51)35-19-11-23-45-47(35)39-18-6-9-22-44(39)53-45)27-32(29-46(48)52-34-14-2-1-3-15-34)30-12-10-13-33(26-30)50-41-20-7-4-16-36(41)37-17-5-8-21-42(37)50/h1-29,51H. The van der Waals surface area contributed by atoms with Crippen LogP contribution in [0.4, 0.5) is 0 Å². The minimum absolute atomic E-state index is 0.112. The maximum Gasteiger partial charge on any atom is 0.136 e. The molecule has 4 nitrogen and oxygen atoms in total. The van der Waals surface area contributed by atoms with Crippen molar-refractivity contribution in [3.63, 3.8) is 0 Å². The number of para-hydroxylation sites is 4. The first-order valence-electron chi connectivity index (χ1n) is 17.6. The van der Waals surface area contributed by atoms with Crippen molar-refractivity contribution in [3.8, 4) is 56.3 Å². The van der Waals surface area contributed by atoms with Gasteiger partial charge in [0, 0.05) is 32.8 Å². The first-order chi connectivity index (χ1) is 26.1. The molecule has 0 atom stereocenters. The smallest absolute Gasteiger partial charge is 0.136 e. The molecule has 0 aliphatic rings. The van der Waals surface area contributed by atoms with Crippen LogP contribution >= 0.6 is 0 Å². The number of furan rings is 1. The normalized spacial score (nSPS) is 11.5. The lowest BCUT2D eigenvalue weighted by atomic mass is 9.83. The molecule has 1 N–H and O–H groups in total. The first kappa shape index (κ1) is 30.8. The van der Waals surface area contributed by atoms with Crippen molar-refractivity contribution >= 4 is 57.1 Å². The second-order valence-electron chi connectivity index (χ2n) is 13.3. The molecule has 2 heterocycles. The van der Waals surface area contributed by atoms with E-state index in [9.17, 15) is 5.11 Å². The number of phenolic OH excluding ortho intramolecular Hbond substituents is 1. The van der Waals surface area contributed by atoms with Gasteiger partial charge in [0.25, 0.3) is 0 Å². The zero-order valence-electron chi connectivity index (χ0n) is 28.5. The Bertz CT molecular complexity index is 2960. The van der Waals surface area contributed by atoms with Gasteiger partial charge in [0.2, 0.25) is 0 Å². The van der Waals surface area contributed by atoms with E-state index in [0.29, 0.717) is 28.1 Å². The molecule has 0 spiro atoms. The van der Waals surface area contributed by atoms with Crippen LogP contribution in [0.3, 0.4) is 0 Å². The monoisotopic (exact) mass is 679 g/mol. The van der Waals surface area contributed by atoms with Gasteiger partial charge >= 0.3 is 0 Å². The van der Waals surface area contributed by atoms with Crippen molar-refractivity contribution in [1.29, 1.82) is 0 Å². The average Bonchev–Trinajstić information content (AvgIpc) is 3.75. The Morgan fingerprint density at radius 2 is 1.17 bits per heavy atom. The van der Waals surface area contributed by atoms with Gasteiger partial charge in [-0.25, -0.2) is 0 Å². The Kier molecular flexibility index (Phi) is 7.19. The summed E-state index contributed by atoms with van der Waals surface area (Å²) in [6, 6.07) is 58.9. The molecule has 0 fully saturated rings. The summed E-state index contributed by atoms with van der Waals surface area (Å²) in [6.45, 7) is 0. The maximum absolute atomic E-state index is 11.8. The molecule has 0 unspecified atom stereocenters. The third-order valence-electron chi connectivity index (χ3n) is 10.1. The molecule has 248 valence electrons. The number of hydrogen-bond donors (Lipinski definition) is 1. The number of hydrogen-bond acceptors (Lipinski definition) is 3. The summed E-state index contributed by atoms with van der Waals surface area (Å²) in [4.78, 5) is 0. The molecular weight excluding hydrogens is 649 g/mol. The third-order valence-corrected chi connectivity index (χ3v) is 10.1. The highest BCUT2D eigenvalue weighted by molar-refractivity contribution is 6.38. The molecule has 10 rings (SSSR count). The highest BCUT2D eigenvalue weighted by atomic mass is 16.5. The lowest BCUT2D eigenvalue weighted by molar-refractivity contribution is 0.477. The number of nitrogens with zero attached hydrogens (tertiary/aromatic N) is 1. The number of ether oxygens (including phenoxy) is 1. The van der Waals surface area contributed by atoms with Crippen LogP contribution in [0.5, 0.6) is 17.2 Å². The van der Waals surface area contributed by atoms with Crippen LogP contribution in [0.15, 0.2) is 180 Å². The van der Waals surface area contributed by atoms with Gasteiger partial charge < -0.3 is 18.8 Å². The molecule has 0 saturated heterocycles. The summed E-state index contributed by atoms with van der Waals surface area (Å²) in [5.74, 6) is 1.28. The van der Waals surface area contributed by atoms with Crippen LogP contribution in [0.2, 0.25) is 0 Å². The van der Waals surface area contributed by atoms with E-state index >= 15 is 0 Å². The van der Waals surface area contributed by atoms with Gasteiger partial charge in [-0.15, -0.1) is 0 Å². The molecular formula is C48H30BNO3. The Labute approximate surface area is 307 Å². The summed E-state index contributed by atoms with van der Waals surface area (Å²) < 4.78 is 14.9. The van der Waals surface area contributed by atoms with Crippen LogP contribution < -0.4 is 10.2 Å². The molecule has 0 aliphatic carbocycles. The Morgan fingerprint density at radius 3 is 1.94 bits per heavy atom. The number of rotatable bonds is 6. The van der Waals surface area contributed by atoms with Crippen molar-refractivity contribution in [1.82, 2.24) is 4.57 Å². The molecule has 10 aromatic rings. The molecule has 5 heteroatoms. The van der Waals surface area contributed by atoms with Gasteiger partial charge in [0.1, 0.15) is 36.3 Å². The topological polar surface area (TPSA) is 47.5 Å². The summed E-state index contributed by atoms with van der Waals surface area (Å²) in [6.07, 6.45) is 0. The van der Waals surface area contributed by atoms with Gasteiger partial charge in [-0.05, 0) is 100 Å². The van der Waals surface area contributed by atoms with E-state index in [4.69, 9.17) is 17.0 Å². The van der Waals surface area contributed by atoms with Crippen molar-refractivity contribution in [2.75, 3.05) is 0 Å². The van der Waals surface area contributed by atoms with Crippen molar-refractivity contribution in [3.05, 3.63) is 176 Å². The zero-order chi connectivity index (χ0) is 35.5. The zero-order valence-corrected chi connectivity index (χ0v) is 28.5. The molecule has 53 heavy (non-hydrogen) atoms. The number of fused-ring (bicyclic) bond motifs is 6. The van der Waals surface area contributed by atoms with E-state index in [2.05, 4.69) is 89.5 Å². The molecule has 0 saturated carbocycles. The Hall–Kier alpha value is -6.98. The van der Waals surface area contributed by atoms with Crippen molar-refractivity contribution < 1.29 is 14.3 Å². The molecule has 2 radical (unpaired) electrons. The fourth-order valence-corrected chi connectivity index (χ4v) is 7.68. The van der Waals surface area contributed by atoms with E-state index < -0.39 is 0 Å². The highest BCUT2D eigenvalue weighted by Crippen LogP contribution is 2.41. The summed E-state index contributed by atoms with van der Waals surface area (Å²) in [5.41, 5.74) is 10.4. The van der Waals surface area contributed by atoms with Crippen molar-refractivity contribution in [2.45, 2.75) is 0 Å². The highest BCUT2D eigenvalue weighted by Gasteiger charge is 2.19. The van der Waals surface area contributed by atoms with Crippen LogP contribution in [0.25, 0.3) is 82.8 Å². The molecule has 0 bridgehead atoms. The predicted octanol–water partition coefficient (Wildman–Crippen LogP) is 12.0. The summed E-state index contributed by atoms with van der Waals surface area (Å²) in [7, 11) is 6.93. The average molecular weight is 680 g/mol. The fraction of sp³-hybridized carbons (Fsp3) is 0. The van der Waals surface area contributed by atoms with Crippen molar-refractivity contribution in [2.24, 2.45) is 0 Å². The maximum atomic E-state index is 11.8. The van der Waals surface area contributed by atoms with Gasteiger partial charge in [-0.3, -0.25) is 0 Å². The number of benzene rings is 8. The third kappa shape index (κ3) is 5.17. The quantitative estimate of drug-likeness (QED) is 0.178. The summed E-state index contributed by atoms with van der Waals surface area (Å²) >= 11 is 0. The Balaban J connectivity index is 1.13. The van der Waals surface area contributed by atoms with Gasteiger partial charge in [-0.1, -0.05) is 109 Å². The molecule has 0 amide bonds. The molecule has 2 aromatic heterocycles. The van der Waals surface area contributed by atoms with Gasteiger partial charge in [0.15, 0.2) is 0 Å². The van der Waals surface area contributed by atoms with E-state index in [-0.39, 0.29) is 5.75 Å². The first-order valence-corrected chi connectivity index (χ1v) is 17.6. The minimum Gasteiger partial charge on any atom is -0.507 e.